The normalized spacial score (nSPS) is 15.1. The van der Waals surface area contributed by atoms with Gasteiger partial charge < -0.3 is 15.0 Å². The van der Waals surface area contributed by atoms with E-state index in [-0.39, 0.29) is 17.6 Å². The number of carbonyl (C=O) groups is 2. The van der Waals surface area contributed by atoms with Crippen LogP contribution in [0.2, 0.25) is 0 Å². The minimum Gasteiger partial charge on any atom is -0.378 e. The van der Waals surface area contributed by atoms with Crippen LogP contribution in [-0.4, -0.2) is 43.0 Å². The number of morpholine rings is 1. The minimum absolute atomic E-state index is 0.110. The van der Waals surface area contributed by atoms with Crippen molar-refractivity contribution in [3.05, 3.63) is 71.5 Å². The van der Waals surface area contributed by atoms with Crippen LogP contribution in [0.4, 0.5) is 4.39 Å². The van der Waals surface area contributed by atoms with E-state index in [2.05, 4.69) is 5.32 Å². The summed E-state index contributed by atoms with van der Waals surface area (Å²) in [6, 6.07) is 14.9. The second-order valence-corrected chi connectivity index (χ2v) is 6.83. The molecule has 0 bridgehead atoms. The summed E-state index contributed by atoms with van der Waals surface area (Å²) in [6.45, 7) is 2.09. The Morgan fingerprint density at radius 2 is 1.71 bits per heavy atom. The summed E-state index contributed by atoms with van der Waals surface area (Å²) in [7, 11) is 0. The minimum atomic E-state index is -0.697. The number of carbonyl (C=O) groups excluding carboxylic acids is 2. The number of nitrogens with zero attached hydrogens (tertiary/aromatic N) is 1. The van der Waals surface area contributed by atoms with Crippen LogP contribution < -0.4 is 5.32 Å². The third-order valence-corrected chi connectivity index (χ3v) is 4.79. The van der Waals surface area contributed by atoms with E-state index in [1.54, 1.807) is 17.0 Å². The molecule has 2 amide bonds. The first-order valence-electron chi connectivity index (χ1n) is 9.59. The van der Waals surface area contributed by atoms with E-state index < -0.39 is 6.04 Å². The molecule has 1 atom stereocenters. The third kappa shape index (κ3) is 5.63. The van der Waals surface area contributed by atoms with E-state index in [9.17, 15) is 14.0 Å². The van der Waals surface area contributed by atoms with E-state index in [0.717, 1.165) is 11.1 Å². The fraction of sp³-hybridized carbons (Fsp3) is 0.364. The van der Waals surface area contributed by atoms with Gasteiger partial charge in [-0.1, -0.05) is 42.5 Å². The molecule has 1 N–H and O–H groups in total. The molecule has 1 saturated heterocycles. The SMILES string of the molecule is O=C(CCCc1ccc(F)cc1)N[C@H](C(=O)N1CCOCC1)c1ccccc1. The number of ether oxygens (including phenoxy) is 1. The lowest BCUT2D eigenvalue weighted by atomic mass is 10.0. The van der Waals surface area contributed by atoms with E-state index in [4.69, 9.17) is 4.74 Å². The molecule has 1 heterocycles. The van der Waals surface area contributed by atoms with Crippen molar-refractivity contribution in [3.8, 4) is 0 Å². The number of hydrogen-bond donors (Lipinski definition) is 1. The van der Waals surface area contributed by atoms with E-state index in [1.807, 2.05) is 30.3 Å². The number of rotatable bonds is 7. The molecule has 0 radical (unpaired) electrons. The van der Waals surface area contributed by atoms with Crippen LogP contribution in [0.5, 0.6) is 0 Å². The third-order valence-electron chi connectivity index (χ3n) is 4.79. The maximum atomic E-state index is 13.0. The maximum Gasteiger partial charge on any atom is 0.249 e. The van der Waals surface area contributed by atoms with Crippen molar-refractivity contribution in [3.63, 3.8) is 0 Å². The van der Waals surface area contributed by atoms with Crippen LogP contribution in [0.1, 0.15) is 30.0 Å². The smallest absolute Gasteiger partial charge is 0.249 e. The van der Waals surface area contributed by atoms with Gasteiger partial charge in [0.05, 0.1) is 13.2 Å². The van der Waals surface area contributed by atoms with Crippen LogP contribution in [-0.2, 0) is 20.7 Å². The summed E-state index contributed by atoms with van der Waals surface area (Å²) in [6.07, 6.45) is 1.61. The Labute approximate surface area is 164 Å². The van der Waals surface area contributed by atoms with Crippen LogP contribution in [0.3, 0.4) is 0 Å². The Bertz CT molecular complexity index is 774. The molecule has 6 heteroatoms. The lowest BCUT2D eigenvalue weighted by Gasteiger charge is -2.31. The number of benzene rings is 2. The van der Waals surface area contributed by atoms with Gasteiger partial charge in [0.1, 0.15) is 11.9 Å². The molecule has 0 saturated carbocycles. The first-order chi connectivity index (χ1) is 13.6. The van der Waals surface area contributed by atoms with Crippen molar-refractivity contribution >= 4 is 11.8 Å². The van der Waals surface area contributed by atoms with Crippen LogP contribution >= 0.6 is 0 Å². The Morgan fingerprint density at radius 1 is 1.04 bits per heavy atom. The molecule has 1 fully saturated rings. The van der Waals surface area contributed by atoms with E-state index >= 15 is 0 Å². The van der Waals surface area contributed by atoms with Crippen molar-refractivity contribution in [1.82, 2.24) is 10.2 Å². The fourth-order valence-electron chi connectivity index (χ4n) is 3.24. The summed E-state index contributed by atoms with van der Waals surface area (Å²) < 4.78 is 18.3. The van der Waals surface area contributed by atoms with Crippen LogP contribution in [0, 0.1) is 5.82 Å². The van der Waals surface area contributed by atoms with Gasteiger partial charge in [0.2, 0.25) is 11.8 Å². The zero-order chi connectivity index (χ0) is 19.8. The molecule has 5 nitrogen and oxygen atoms in total. The van der Waals surface area contributed by atoms with Gasteiger partial charge in [-0.2, -0.15) is 0 Å². The molecule has 0 aromatic heterocycles. The lowest BCUT2D eigenvalue weighted by molar-refractivity contribution is -0.140. The van der Waals surface area contributed by atoms with Gasteiger partial charge in [0.25, 0.3) is 0 Å². The molecule has 0 spiro atoms. The highest BCUT2D eigenvalue weighted by Gasteiger charge is 2.28. The zero-order valence-corrected chi connectivity index (χ0v) is 15.8. The zero-order valence-electron chi connectivity index (χ0n) is 15.8. The van der Waals surface area contributed by atoms with Gasteiger partial charge in [-0.05, 0) is 36.1 Å². The van der Waals surface area contributed by atoms with Crippen molar-refractivity contribution in [2.24, 2.45) is 0 Å². The second kappa shape index (κ2) is 9.99. The monoisotopic (exact) mass is 384 g/mol. The van der Waals surface area contributed by atoms with Crippen LogP contribution in [0.15, 0.2) is 54.6 Å². The molecule has 1 aliphatic rings. The molecule has 28 heavy (non-hydrogen) atoms. The highest BCUT2D eigenvalue weighted by molar-refractivity contribution is 5.88. The Kier molecular flexibility index (Phi) is 7.14. The molecule has 3 rings (SSSR count). The fourth-order valence-corrected chi connectivity index (χ4v) is 3.24. The quantitative estimate of drug-likeness (QED) is 0.799. The van der Waals surface area contributed by atoms with Gasteiger partial charge in [-0.15, -0.1) is 0 Å². The Balaban J connectivity index is 1.59. The van der Waals surface area contributed by atoms with Crippen molar-refractivity contribution < 1.29 is 18.7 Å². The van der Waals surface area contributed by atoms with Gasteiger partial charge in [-0.25, -0.2) is 4.39 Å². The number of halogens is 1. The predicted octanol–water partition coefficient (Wildman–Crippen LogP) is 2.86. The number of aryl methyl sites for hydroxylation is 1. The summed E-state index contributed by atoms with van der Waals surface area (Å²) in [5, 5.41) is 2.89. The molecule has 1 aliphatic heterocycles. The molecular weight excluding hydrogens is 359 g/mol. The first kappa shape index (κ1) is 20.0. The molecule has 2 aromatic carbocycles. The standard InChI is InChI=1S/C22H25FN2O3/c23-19-11-9-17(10-12-19)5-4-8-20(26)24-21(18-6-2-1-3-7-18)22(27)25-13-15-28-16-14-25/h1-3,6-7,9-12,21H,4-5,8,13-16H2,(H,24,26)/t21-/m0/s1. The molecule has 2 aromatic rings. The Hall–Kier alpha value is -2.73. The summed E-state index contributed by atoms with van der Waals surface area (Å²) in [4.78, 5) is 27.2. The van der Waals surface area contributed by atoms with Crippen molar-refractivity contribution in [1.29, 1.82) is 0 Å². The summed E-state index contributed by atoms with van der Waals surface area (Å²) in [5.41, 5.74) is 1.75. The van der Waals surface area contributed by atoms with Gasteiger partial charge >= 0.3 is 0 Å². The molecule has 0 aliphatic carbocycles. The largest absolute Gasteiger partial charge is 0.378 e. The number of hydrogen-bond acceptors (Lipinski definition) is 3. The maximum absolute atomic E-state index is 13.0. The van der Waals surface area contributed by atoms with E-state index in [0.29, 0.717) is 45.6 Å². The van der Waals surface area contributed by atoms with Crippen molar-refractivity contribution in [2.45, 2.75) is 25.3 Å². The average molecular weight is 384 g/mol. The summed E-state index contributed by atoms with van der Waals surface area (Å²) in [5.74, 6) is -0.548. The van der Waals surface area contributed by atoms with Crippen LogP contribution in [0.25, 0.3) is 0 Å². The number of amides is 2. The van der Waals surface area contributed by atoms with Gasteiger partial charge in [-0.3, -0.25) is 9.59 Å². The van der Waals surface area contributed by atoms with Gasteiger partial charge in [0, 0.05) is 19.5 Å². The second-order valence-electron chi connectivity index (χ2n) is 6.83. The molecule has 0 unspecified atom stereocenters. The predicted molar refractivity (Wildman–Crippen MR) is 104 cm³/mol. The first-order valence-corrected chi connectivity index (χ1v) is 9.59. The van der Waals surface area contributed by atoms with Crippen molar-refractivity contribution in [2.75, 3.05) is 26.3 Å². The van der Waals surface area contributed by atoms with E-state index in [1.165, 1.54) is 12.1 Å². The number of nitrogens with one attached hydrogen (secondary N) is 1. The average Bonchev–Trinajstić information content (AvgIpc) is 2.74. The highest BCUT2D eigenvalue weighted by atomic mass is 19.1. The van der Waals surface area contributed by atoms with Gasteiger partial charge in [0.15, 0.2) is 0 Å². The topological polar surface area (TPSA) is 58.6 Å². The highest BCUT2D eigenvalue weighted by Crippen LogP contribution is 2.17. The molecular formula is C22H25FN2O3. The summed E-state index contributed by atoms with van der Waals surface area (Å²) >= 11 is 0. The molecule has 148 valence electrons. The lowest BCUT2D eigenvalue weighted by Crippen LogP contribution is -2.47. The Morgan fingerprint density at radius 3 is 2.39 bits per heavy atom.